The predicted octanol–water partition coefficient (Wildman–Crippen LogP) is 2.11. The van der Waals surface area contributed by atoms with Gasteiger partial charge in [-0.15, -0.1) is 11.3 Å². The van der Waals surface area contributed by atoms with Gasteiger partial charge in [0.1, 0.15) is 5.01 Å². The Labute approximate surface area is 113 Å². The zero-order valence-corrected chi connectivity index (χ0v) is 12.9. The first-order valence-corrected chi connectivity index (χ1v) is 6.91. The van der Waals surface area contributed by atoms with Crippen LogP contribution in [0.25, 0.3) is 0 Å². The minimum Gasteiger partial charge on any atom is -0.350 e. The van der Waals surface area contributed by atoms with Crippen molar-refractivity contribution in [2.45, 2.75) is 46.7 Å². The molecule has 0 aliphatic rings. The van der Waals surface area contributed by atoms with E-state index in [0.717, 1.165) is 17.2 Å². The summed E-state index contributed by atoms with van der Waals surface area (Å²) < 4.78 is 0. The Hall–Kier alpha value is -0.940. The summed E-state index contributed by atoms with van der Waals surface area (Å²) in [5, 5.41) is 4.02. The molecule has 1 N–H and O–H groups in total. The Bertz CT molecular complexity index is 401. The van der Waals surface area contributed by atoms with E-state index in [1.54, 1.807) is 11.3 Å². The van der Waals surface area contributed by atoms with E-state index in [0.29, 0.717) is 6.54 Å². The van der Waals surface area contributed by atoms with Crippen LogP contribution in [0.3, 0.4) is 0 Å². The maximum atomic E-state index is 11.8. The Kier molecular flexibility index (Phi) is 4.87. The van der Waals surface area contributed by atoms with Gasteiger partial charge < -0.3 is 5.32 Å². The number of aryl methyl sites for hydroxylation is 2. The highest BCUT2D eigenvalue weighted by molar-refractivity contribution is 7.11. The van der Waals surface area contributed by atoms with Crippen molar-refractivity contribution >= 4 is 17.2 Å². The summed E-state index contributed by atoms with van der Waals surface area (Å²) in [6.07, 6.45) is 0. The number of nitrogens with zero attached hydrogens (tertiary/aromatic N) is 2. The lowest BCUT2D eigenvalue weighted by molar-refractivity contribution is -0.123. The third-order valence-corrected chi connectivity index (χ3v) is 3.46. The molecule has 0 aromatic carbocycles. The lowest BCUT2D eigenvalue weighted by atomic mass is 10.1. The van der Waals surface area contributed by atoms with Gasteiger partial charge in [-0.25, -0.2) is 4.98 Å². The van der Waals surface area contributed by atoms with Crippen LogP contribution >= 0.6 is 11.3 Å². The SMILES string of the molecule is Cc1nc(CN(C)CC(=O)NC(C)(C)C)sc1C. The van der Waals surface area contributed by atoms with Crippen molar-refractivity contribution in [3.63, 3.8) is 0 Å². The highest BCUT2D eigenvalue weighted by atomic mass is 32.1. The molecule has 0 aliphatic carbocycles. The van der Waals surface area contributed by atoms with E-state index >= 15 is 0 Å². The summed E-state index contributed by atoms with van der Waals surface area (Å²) in [7, 11) is 1.94. The van der Waals surface area contributed by atoms with E-state index in [2.05, 4.69) is 17.2 Å². The maximum absolute atomic E-state index is 11.8. The molecule has 1 heterocycles. The largest absolute Gasteiger partial charge is 0.350 e. The highest BCUT2D eigenvalue weighted by Gasteiger charge is 2.15. The topological polar surface area (TPSA) is 45.2 Å². The standard InChI is InChI=1S/C13H23N3OS/c1-9-10(2)18-12(14-9)8-16(6)7-11(17)15-13(3,4)5/h7-8H2,1-6H3,(H,15,17). The van der Waals surface area contributed by atoms with Crippen molar-refractivity contribution < 1.29 is 4.79 Å². The van der Waals surface area contributed by atoms with Crippen LogP contribution in [0.15, 0.2) is 0 Å². The predicted molar refractivity (Wildman–Crippen MR) is 75.8 cm³/mol. The molecule has 1 aromatic rings. The van der Waals surface area contributed by atoms with Gasteiger partial charge >= 0.3 is 0 Å². The molecule has 0 spiro atoms. The van der Waals surface area contributed by atoms with E-state index in [4.69, 9.17) is 0 Å². The van der Waals surface area contributed by atoms with Crippen LogP contribution in [-0.4, -0.2) is 34.9 Å². The fraction of sp³-hybridized carbons (Fsp3) is 0.692. The number of likely N-dealkylation sites (N-methyl/N-ethyl adjacent to an activating group) is 1. The molecule has 18 heavy (non-hydrogen) atoms. The van der Waals surface area contributed by atoms with Crippen molar-refractivity contribution in [3.8, 4) is 0 Å². The van der Waals surface area contributed by atoms with Crippen LogP contribution in [0.2, 0.25) is 0 Å². The summed E-state index contributed by atoms with van der Waals surface area (Å²) in [5.74, 6) is 0.0509. The first-order valence-electron chi connectivity index (χ1n) is 6.10. The maximum Gasteiger partial charge on any atom is 0.234 e. The minimum absolute atomic E-state index is 0.0509. The van der Waals surface area contributed by atoms with Gasteiger partial charge in [-0.1, -0.05) is 0 Å². The minimum atomic E-state index is -0.174. The molecule has 0 unspecified atom stereocenters. The Morgan fingerprint density at radius 2 is 2.00 bits per heavy atom. The van der Waals surface area contributed by atoms with Crippen LogP contribution in [0.1, 0.15) is 36.3 Å². The molecule has 1 aromatic heterocycles. The van der Waals surface area contributed by atoms with Crippen molar-refractivity contribution in [3.05, 3.63) is 15.6 Å². The fourth-order valence-electron chi connectivity index (χ4n) is 1.60. The average Bonchev–Trinajstić information content (AvgIpc) is 2.41. The first kappa shape index (κ1) is 15.1. The zero-order chi connectivity index (χ0) is 13.9. The number of hydrogen-bond acceptors (Lipinski definition) is 4. The molecule has 0 bridgehead atoms. The summed E-state index contributed by atoms with van der Waals surface area (Å²) >= 11 is 1.70. The summed E-state index contributed by atoms with van der Waals surface area (Å²) in [6, 6.07) is 0. The number of carbonyl (C=O) groups is 1. The van der Waals surface area contributed by atoms with E-state index in [9.17, 15) is 4.79 Å². The van der Waals surface area contributed by atoms with Crippen molar-refractivity contribution in [2.24, 2.45) is 0 Å². The average molecular weight is 269 g/mol. The second-order valence-corrected chi connectivity index (χ2v) is 7.01. The quantitative estimate of drug-likeness (QED) is 0.910. The number of rotatable bonds is 4. The van der Waals surface area contributed by atoms with Gasteiger partial charge in [0.05, 0.1) is 18.8 Å². The van der Waals surface area contributed by atoms with Crippen LogP contribution in [0, 0.1) is 13.8 Å². The van der Waals surface area contributed by atoms with Crippen LogP contribution in [0.4, 0.5) is 0 Å². The fourth-order valence-corrected chi connectivity index (χ4v) is 2.61. The number of aromatic nitrogens is 1. The molecule has 1 rings (SSSR count). The van der Waals surface area contributed by atoms with Crippen molar-refractivity contribution in [1.29, 1.82) is 0 Å². The number of nitrogens with one attached hydrogen (secondary N) is 1. The van der Waals surface area contributed by atoms with Gasteiger partial charge in [-0.3, -0.25) is 9.69 Å². The normalized spacial score (nSPS) is 11.9. The van der Waals surface area contributed by atoms with E-state index in [-0.39, 0.29) is 11.4 Å². The van der Waals surface area contributed by atoms with Gasteiger partial charge in [-0.2, -0.15) is 0 Å². The lowest BCUT2D eigenvalue weighted by Crippen LogP contribution is -2.45. The third kappa shape index (κ3) is 5.14. The van der Waals surface area contributed by atoms with E-state index < -0.39 is 0 Å². The summed E-state index contributed by atoms with van der Waals surface area (Å²) in [5.41, 5.74) is 0.911. The second-order valence-electron chi connectivity index (χ2n) is 5.72. The molecule has 102 valence electrons. The molecule has 0 radical (unpaired) electrons. The van der Waals surface area contributed by atoms with Gasteiger partial charge in [0.2, 0.25) is 5.91 Å². The molecule has 0 fully saturated rings. The molecule has 0 saturated heterocycles. The summed E-state index contributed by atoms with van der Waals surface area (Å²) in [6.45, 7) is 11.2. The second kappa shape index (κ2) is 5.80. The lowest BCUT2D eigenvalue weighted by Gasteiger charge is -2.22. The Morgan fingerprint density at radius 3 is 2.44 bits per heavy atom. The van der Waals surface area contributed by atoms with Gasteiger partial charge in [0, 0.05) is 10.4 Å². The molecule has 1 amide bonds. The van der Waals surface area contributed by atoms with Crippen molar-refractivity contribution in [1.82, 2.24) is 15.2 Å². The number of thiazole rings is 1. The monoisotopic (exact) mass is 269 g/mol. The Morgan fingerprint density at radius 1 is 1.39 bits per heavy atom. The first-order chi connectivity index (χ1) is 8.17. The highest BCUT2D eigenvalue weighted by Crippen LogP contribution is 2.17. The van der Waals surface area contributed by atoms with Gasteiger partial charge in [-0.05, 0) is 41.7 Å². The number of hydrogen-bond donors (Lipinski definition) is 1. The number of amides is 1. The molecule has 0 saturated carbocycles. The van der Waals surface area contributed by atoms with Crippen LogP contribution < -0.4 is 5.32 Å². The molecular formula is C13H23N3OS. The van der Waals surface area contributed by atoms with E-state index in [1.807, 2.05) is 39.6 Å². The third-order valence-electron chi connectivity index (χ3n) is 2.41. The smallest absolute Gasteiger partial charge is 0.234 e. The number of carbonyl (C=O) groups excluding carboxylic acids is 1. The van der Waals surface area contributed by atoms with Crippen molar-refractivity contribution in [2.75, 3.05) is 13.6 Å². The van der Waals surface area contributed by atoms with Crippen LogP contribution in [-0.2, 0) is 11.3 Å². The molecular weight excluding hydrogens is 246 g/mol. The molecule has 0 aliphatic heterocycles. The van der Waals surface area contributed by atoms with Gasteiger partial charge in [0.25, 0.3) is 0 Å². The molecule has 4 nitrogen and oxygen atoms in total. The van der Waals surface area contributed by atoms with Gasteiger partial charge in [0.15, 0.2) is 0 Å². The van der Waals surface area contributed by atoms with E-state index in [1.165, 1.54) is 4.88 Å². The zero-order valence-electron chi connectivity index (χ0n) is 12.1. The molecule has 0 atom stereocenters. The van der Waals surface area contributed by atoms with Crippen LogP contribution in [0.5, 0.6) is 0 Å². The summed E-state index contributed by atoms with van der Waals surface area (Å²) in [4.78, 5) is 19.5. The Balaban J connectivity index is 2.46. The molecule has 5 heteroatoms.